The standard InChI is InChI=1S/C26H28BrN3O3S/c1-20(18-26(2,3)21-11-6-4-7-12-21)28-29-25(31)19-30(23-14-10-13-22(27)17-23)34(32,33)24-15-8-5-9-16-24/h4-17H,18-19H2,1-3H3,(H,29,31)/b28-20-. The Labute approximate surface area is 209 Å². The number of benzene rings is 3. The van der Waals surface area contributed by atoms with Crippen LogP contribution < -0.4 is 9.73 Å². The number of hydrogen-bond acceptors (Lipinski definition) is 4. The molecule has 3 aromatic carbocycles. The maximum absolute atomic E-state index is 13.4. The topological polar surface area (TPSA) is 78.8 Å². The molecule has 0 aliphatic rings. The Hall–Kier alpha value is -2.97. The number of amides is 1. The summed E-state index contributed by atoms with van der Waals surface area (Å²) in [5.41, 5.74) is 4.64. The SMILES string of the molecule is C/C(CC(C)(C)c1ccccc1)=N/NC(=O)CN(c1cccc(Br)c1)S(=O)(=O)c1ccccc1. The highest BCUT2D eigenvalue weighted by Gasteiger charge is 2.27. The lowest BCUT2D eigenvalue weighted by atomic mass is 9.80. The second-order valence-electron chi connectivity index (χ2n) is 8.61. The molecule has 0 unspecified atom stereocenters. The highest BCUT2D eigenvalue weighted by atomic mass is 79.9. The lowest BCUT2D eigenvalue weighted by Gasteiger charge is -2.25. The molecular weight excluding hydrogens is 514 g/mol. The van der Waals surface area contributed by atoms with Gasteiger partial charge in [-0.05, 0) is 54.7 Å². The Morgan fingerprint density at radius 1 is 0.971 bits per heavy atom. The summed E-state index contributed by atoms with van der Waals surface area (Å²) in [6, 6.07) is 25.0. The van der Waals surface area contributed by atoms with Crippen molar-refractivity contribution in [2.45, 2.75) is 37.5 Å². The average Bonchev–Trinajstić information content (AvgIpc) is 2.82. The van der Waals surface area contributed by atoms with E-state index < -0.39 is 22.5 Å². The van der Waals surface area contributed by atoms with Crippen molar-refractivity contribution in [3.05, 3.63) is 95.0 Å². The maximum Gasteiger partial charge on any atom is 0.264 e. The van der Waals surface area contributed by atoms with Crippen LogP contribution in [0.15, 0.2) is 99.4 Å². The zero-order valence-electron chi connectivity index (χ0n) is 19.4. The molecule has 6 nitrogen and oxygen atoms in total. The minimum Gasteiger partial charge on any atom is -0.271 e. The number of rotatable bonds is 9. The molecule has 0 radical (unpaired) electrons. The van der Waals surface area contributed by atoms with E-state index in [9.17, 15) is 13.2 Å². The molecule has 0 heterocycles. The number of halogens is 1. The van der Waals surface area contributed by atoms with Crippen LogP contribution in [0, 0.1) is 0 Å². The fourth-order valence-electron chi connectivity index (χ4n) is 3.66. The van der Waals surface area contributed by atoms with E-state index >= 15 is 0 Å². The van der Waals surface area contributed by atoms with Gasteiger partial charge in [0.05, 0.1) is 10.6 Å². The van der Waals surface area contributed by atoms with Gasteiger partial charge >= 0.3 is 0 Å². The molecule has 3 aromatic rings. The zero-order valence-corrected chi connectivity index (χ0v) is 21.8. The van der Waals surface area contributed by atoms with Crippen LogP contribution in [0.25, 0.3) is 0 Å². The van der Waals surface area contributed by atoms with E-state index in [1.54, 1.807) is 42.5 Å². The van der Waals surface area contributed by atoms with Gasteiger partial charge < -0.3 is 0 Å². The first-order chi connectivity index (χ1) is 16.1. The number of carbonyl (C=O) groups is 1. The molecule has 1 amide bonds. The molecule has 0 aliphatic carbocycles. The Bertz CT molecular complexity index is 1260. The third-order valence-corrected chi connectivity index (χ3v) is 7.62. The van der Waals surface area contributed by atoms with E-state index in [1.807, 2.05) is 25.1 Å². The summed E-state index contributed by atoms with van der Waals surface area (Å²) in [6.07, 6.45) is 0.634. The van der Waals surface area contributed by atoms with Crippen LogP contribution in [0.1, 0.15) is 32.8 Å². The molecule has 0 bridgehead atoms. The minimum absolute atomic E-state index is 0.104. The fraction of sp³-hybridized carbons (Fsp3) is 0.231. The number of anilines is 1. The lowest BCUT2D eigenvalue weighted by molar-refractivity contribution is -0.119. The maximum atomic E-state index is 13.4. The molecule has 0 fully saturated rings. The lowest BCUT2D eigenvalue weighted by Crippen LogP contribution is -2.39. The van der Waals surface area contributed by atoms with Gasteiger partial charge in [0.25, 0.3) is 15.9 Å². The first-order valence-electron chi connectivity index (χ1n) is 10.8. The fourth-order valence-corrected chi connectivity index (χ4v) is 5.48. The van der Waals surface area contributed by atoms with E-state index in [2.05, 4.69) is 52.4 Å². The molecule has 0 saturated carbocycles. The molecule has 3 rings (SSSR count). The summed E-state index contributed by atoms with van der Waals surface area (Å²) < 4.78 is 28.5. The number of nitrogens with one attached hydrogen (secondary N) is 1. The van der Waals surface area contributed by atoms with Crippen molar-refractivity contribution in [3.63, 3.8) is 0 Å². The van der Waals surface area contributed by atoms with Crippen LogP contribution in [-0.4, -0.2) is 26.6 Å². The van der Waals surface area contributed by atoms with E-state index in [0.29, 0.717) is 16.6 Å². The second-order valence-corrected chi connectivity index (χ2v) is 11.4. The first-order valence-corrected chi connectivity index (χ1v) is 13.0. The van der Waals surface area contributed by atoms with E-state index in [4.69, 9.17) is 0 Å². The normalized spacial score (nSPS) is 12.3. The second kappa shape index (κ2) is 11.0. The van der Waals surface area contributed by atoms with Crippen molar-refractivity contribution >= 4 is 43.3 Å². The summed E-state index contributed by atoms with van der Waals surface area (Å²) >= 11 is 3.37. The molecular formula is C26H28BrN3O3S. The third-order valence-electron chi connectivity index (χ3n) is 5.34. The molecule has 34 heavy (non-hydrogen) atoms. The molecule has 8 heteroatoms. The number of sulfonamides is 1. The van der Waals surface area contributed by atoms with Crippen molar-refractivity contribution in [3.8, 4) is 0 Å². The summed E-state index contributed by atoms with van der Waals surface area (Å²) in [5, 5.41) is 4.24. The van der Waals surface area contributed by atoms with Crippen LogP contribution in [0.2, 0.25) is 0 Å². The Kier molecular flexibility index (Phi) is 8.28. The third kappa shape index (κ3) is 6.55. The van der Waals surface area contributed by atoms with Crippen molar-refractivity contribution in [1.29, 1.82) is 0 Å². The summed E-state index contributed by atoms with van der Waals surface area (Å²) in [7, 11) is -3.97. The van der Waals surface area contributed by atoms with Gasteiger partial charge in [-0.15, -0.1) is 0 Å². The van der Waals surface area contributed by atoms with Crippen LogP contribution in [-0.2, 0) is 20.2 Å². The number of carbonyl (C=O) groups excluding carboxylic acids is 1. The number of nitrogens with zero attached hydrogens (tertiary/aromatic N) is 2. The van der Waals surface area contributed by atoms with Gasteiger partial charge in [0, 0.05) is 10.2 Å². The van der Waals surface area contributed by atoms with Crippen LogP contribution in [0.5, 0.6) is 0 Å². The monoisotopic (exact) mass is 541 g/mol. The van der Waals surface area contributed by atoms with Crippen LogP contribution in [0.3, 0.4) is 0 Å². The quantitative estimate of drug-likeness (QED) is 0.286. The van der Waals surface area contributed by atoms with Gasteiger partial charge in [0.2, 0.25) is 0 Å². The van der Waals surface area contributed by atoms with Gasteiger partial charge in [-0.25, -0.2) is 13.8 Å². The van der Waals surface area contributed by atoms with Gasteiger partial charge in [0.1, 0.15) is 6.54 Å². The van der Waals surface area contributed by atoms with Gasteiger partial charge in [-0.1, -0.05) is 84.4 Å². The van der Waals surface area contributed by atoms with Crippen molar-refractivity contribution in [2.75, 3.05) is 10.8 Å². The largest absolute Gasteiger partial charge is 0.271 e. The van der Waals surface area contributed by atoms with Crippen molar-refractivity contribution < 1.29 is 13.2 Å². The molecule has 0 saturated heterocycles. The summed E-state index contributed by atoms with van der Waals surface area (Å²) in [5.74, 6) is -0.531. The van der Waals surface area contributed by atoms with E-state index in [0.717, 1.165) is 10.0 Å². The Balaban J connectivity index is 1.78. The summed E-state index contributed by atoms with van der Waals surface area (Å²) in [4.78, 5) is 12.9. The minimum atomic E-state index is -3.97. The number of hydrogen-bond donors (Lipinski definition) is 1. The molecule has 0 spiro atoms. The molecule has 0 aliphatic heterocycles. The van der Waals surface area contributed by atoms with Crippen molar-refractivity contribution in [2.24, 2.45) is 5.10 Å². The highest BCUT2D eigenvalue weighted by Crippen LogP contribution is 2.28. The first kappa shape index (κ1) is 25.6. The summed E-state index contributed by atoms with van der Waals surface area (Å²) in [6.45, 7) is 5.67. The molecule has 0 atom stereocenters. The van der Waals surface area contributed by atoms with Crippen molar-refractivity contribution in [1.82, 2.24) is 5.43 Å². The molecule has 1 N–H and O–H groups in total. The zero-order chi connectivity index (χ0) is 24.8. The van der Waals surface area contributed by atoms with E-state index in [1.165, 1.54) is 17.7 Å². The smallest absolute Gasteiger partial charge is 0.264 e. The van der Waals surface area contributed by atoms with Crippen LogP contribution >= 0.6 is 15.9 Å². The van der Waals surface area contributed by atoms with Gasteiger partial charge in [0.15, 0.2) is 0 Å². The average molecular weight is 542 g/mol. The Morgan fingerprint density at radius 2 is 1.59 bits per heavy atom. The number of hydrazone groups is 1. The Morgan fingerprint density at radius 3 is 2.21 bits per heavy atom. The predicted molar refractivity (Wildman–Crippen MR) is 140 cm³/mol. The predicted octanol–water partition coefficient (Wildman–Crippen LogP) is 5.50. The van der Waals surface area contributed by atoms with E-state index in [-0.39, 0.29) is 10.3 Å². The highest BCUT2D eigenvalue weighted by molar-refractivity contribution is 9.10. The van der Waals surface area contributed by atoms with Gasteiger partial charge in [-0.3, -0.25) is 9.10 Å². The van der Waals surface area contributed by atoms with Crippen LogP contribution in [0.4, 0.5) is 5.69 Å². The molecule has 0 aromatic heterocycles. The molecule has 178 valence electrons. The van der Waals surface area contributed by atoms with Gasteiger partial charge in [-0.2, -0.15) is 5.10 Å².